The van der Waals surface area contributed by atoms with Gasteiger partial charge in [-0.05, 0) is 25.3 Å². The Balaban J connectivity index is 2.18. The zero-order valence-corrected chi connectivity index (χ0v) is 13.9. The second-order valence-electron chi connectivity index (χ2n) is 5.29. The van der Waals surface area contributed by atoms with Gasteiger partial charge in [-0.1, -0.05) is 37.3 Å². The van der Waals surface area contributed by atoms with Gasteiger partial charge in [0.05, 0.1) is 0 Å². The standard InChI is InChI=1S/C17H28N4O/c1-4-14(2)21-16(22)11-13-20-17(18-3)19-12-10-15-8-6-5-7-9-15/h5-9,14H,4,10-13H2,1-3H3,(H,21,22)(H2,18,19,20). The van der Waals surface area contributed by atoms with Gasteiger partial charge in [-0.15, -0.1) is 0 Å². The molecule has 1 rings (SSSR count). The molecule has 0 saturated carbocycles. The average Bonchev–Trinajstić information content (AvgIpc) is 2.54. The van der Waals surface area contributed by atoms with Crippen LogP contribution in [0.3, 0.4) is 0 Å². The summed E-state index contributed by atoms with van der Waals surface area (Å²) in [5.74, 6) is 0.800. The molecule has 0 aliphatic rings. The lowest BCUT2D eigenvalue weighted by Gasteiger charge is -2.13. The lowest BCUT2D eigenvalue weighted by molar-refractivity contribution is -0.121. The largest absolute Gasteiger partial charge is 0.356 e. The number of aliphatic imine (C=N–C) groups is 1. The Morgan fingerprint density at radius 3 is 2.50 bits per heavy atom. The minimum Gasteiger partial charge on any atom is -0.356 e. The fourth-order valence-corrected chi connectivity index (χ4v) is 1.93. The van der Waals surface area contributed by atoms with Crippen LogP contribution in [0.15, 0.2) is 35.3 Å². The second-order valence-corrected chi connectivity index (χ2v) is 5.29. The molecule has 1 atom stereocenters. The maximum Gasteiger partial charge on any atom is 0.221 e. The molecule has 0 aliphatic carbocycles. The van der Waals surface area contributed by atoms with E-state index in [1.54, 1.807) is 7.05 Å². The van der Waals surface area contributed by atoms with Crippen molar-refractivity contribution in [3.8, 4) is 0 Å². The van der Waals surface area contributed by atoms with E-state index in [4.69, 9.17) is 0 Å². The lowest BCUT2D eigenvalue weighted by atomic mass is 10.1. The number of hydrogen-bond acceptors (Lipinski definition) is 2. The van der Waals surface area contributed by atoms with Crippen LogP contribution in [0.4, 0.5) is 0 Å². The number of hydrogen-bond donors (Lipinski definition) is 3. The van der Waals surface area contributed by atoms with Crippen LogP contribution in [0.1, 0.15) is 32.3 Å². The summed E-state index contributed by atoms with van der Waals surface area (Å²) in [6, 6.07) is 10.5. The fraction of sp³-hybridized carbons (Fsp3) is 0.529. The molecule has 0 spiro atoms. The maximum atomic E-state index is 11.7. The second kappa shape index (κ2) is 10.7. The van der Waals surface area contributed by atoms with Gasteiger partial charge < -0.3 is 16.0 Å². The summed E-state index contributed by atoms with van der Waals surface area (Å²) in [4.78, 5) is 15.8. The molecule has 0 bridgehead atoms. The van der Waals surface area contributed by atoms with Crippen LogP contribution in [-0.4, -0.2) is 38.0 Å². The molecule has 0 radical (unpaired) electrons. The van der Waals surface area contributed by atoms with E-state index in [-0.39, 0.29) is 11.9 Å². The van der Waals surface area contributed by atoms with Gasteiger partial charge in [0.2, 0.25) is 5.91 Å². The fourth-order valence-electron chi connectivity index (χ4n) is 1.93. The SMILES string of the molecule is CCC(C)NC(=O)CCNC(=NC)NCCc1ccccc1. The molecule has 5 heteroatoms. The number of benzene rings is 1. The highest BCUT2D eigenvalue weighted by Crippen LogP contribution is 1.98. The van der Waals surface area contributed by atoms with Crippen molar-refractivity contribution in [2.75, 3.05) is 20.1 Å². The Hall–Kier alpha value is -2.04. The Morgan fingerprint density at radius 1 is 1.18 bits per heavy atom. The number of carbonyl (C=O) groups excluding carboxylic acids is 1. The number of rotatable bonds is 8. The number of guanidine groups is 1. The molecule has 0 fully saturated rings. The van der Waals surface area contributed by atoms with Crippen molar-refractivity contribution < 1.29 is 4.79 Å². The number of carbonyl (C=O) groups is 1. The first-order chi connectivity index (χ1) is 10.7. The van der Waals surface area contributed by atoms with E-state index in [1.807, 2.05) is 25.1 Å². The molecule has 3 N–H and O–H groups in total. The van der Waals surface area contributed by atoms with Gasteiger partial charge in [0.25, 0.3) is 0 Å². The molecule has 5 nitrogen and oxygen atoms in total. The smallest absolute Gasteiger partial charge is 0.221 e. The van der Waals surface area contributed by atoms with Gasteiger partial charge in [-0.25, -0.2) is 0 Å². The molecule has 1 aromatic rings. The number of nitrogens with zero attached hydrogens (tertiary/aromatic N) is 1. The molecule has 1 unspecified atom stereocenters. The predicted molar refractivity (Wildman–Crippen MR) is 92.0 cm³/mol. The molecule has 0 aliphatic heterocycles. The first kappa shape index (κ1) is 18.0. The van der Waals surface area contributed by atoms with E-state index in [1.165, 1.54) is 5.56 Å². The van der Waals surface area contributed by atoms with Gasteiger partial charge in [-0.3, -0.25) is 9.79 Å². The highest BCUT2D eigenvalue weighted by Gasteiger charge is 2.05. The zero-order chi connectivity index (χ0) is 16.2. The molecule has 122 valence electrons. The maximum absolute atomic E-state index is 11.7. The normalized spacial score (nSPS) is 12.6. The molecular weight excluding hydrogens is 276 g/mol. The summed E-state index contributed by atoms with van der Waals surface area (Å²) in [7, 11) is 1.73. The third kappa shape index (κ3) is 7.67. The van der Waals surface area contributed by atoms with Gasteiger partial charge in [-0.2, -0.15) is 0 Å². The van der Waals surface area contributed by atoms with Gasteiger partial charge in [0.1, 0.15) is 0 Å². The first-order valence-corrected chi connectivity index (χ1v) is 7.93. The molecular formula is C17H28N4O. The third-order valence-electron chi connectivity index (χ3n) is 3.44. The number of nitrogens with one attached hydrogen (secondary N) is 3. The summed E-state index contributed by atoms with van der Waals surface area (Å²) >= 11 is 0. The molecule has 0 saturated heterocycles. The van der Waals surface area contributed by atoms with Gasteiger partial charge in [0, 0.05) is 32.6 Å². The Labute approximate surface area is 133 Å². The van der Waals surface area contributed by atoms with Crippen molar-refractivity contribution in [1.82, 2.24) is 16.0 Å². The average molecular weight is 304 g/mol. The summed E-state index contributed by atoms with van der Waals surface area (Å²) in [6.45, 7) is 5.45. The van der Waals surface area contributed by atoms with Crippen LogP contribution in [0.5, 0.6) is 0 Å². The lowest BCUT2D eigenvalue weighted by Crippen LogP contribution is -2.41. The van der Waals surface area contributed by atoms with E-state index >= 15 is 0 Å². The van der Waals surface area contributed by atoms with Crippen molar-refractivity contribution in [2.45, 2.75) is 39.2 Å². The van der Waals surface area contributed by atoms with Crippen molar-refractivity contribution in [3.63, 3.8) is 0 Å². The first-order valence-electron chi connectivity index (χ1n) is 7.93. The predicted octanol–water partition coefficient (Wildman–Crippen LogP) is 1.70. The van der Waals surface area contributed by atoms with E-state index < -0.39 is 0 Å². The summed E-state index contributed by atoms with van der Waals surface area (Å²) in [5, 5.41) is 9.35. The van der Waals surface area contributed by atoms with Crippen LogP contribution in [-0.2, 0) is 11.2 Å². The summed E-state index contributed by atoms with van der Waals surface area (Å²) < 4.78 is 0. The molecule has 1 amide bonds. The monoisotopic (exact) mass is 304 g/mol. The van der Waals surface area contributed by atoms with Crippen LogP contribution >= 0.6 is 0 Å². The molecule has 22 heavy (non-hydrogen) atoms. The van der Waals surface area contributed by atoms with E-state index in [0.29, 0.717) is 13.0 Å². The quantitative estimate of drug-likeness (QED) is 0.506. The van der Waals surface area contributed by atoms with Crippen molar-refractivity contribution >= 4 is 11.9 Å². The van der Waals surface area contributed by atoms with Crippen molar-refractivity contribution in [1.29, 1.82) is 0 Å². The third-order valence-corrected chi connectivity index (χ3v) is 3.44. The number of amides is 1. The minimum absolute atomic E-state index is 0.0709. The van der Waals surface area contributed by atoms with Crippen molar-refractivity contribution in [3.05, 3.63) is 35.9 Å². The Kier molecular flexibility index (Phi) is 8.72. The van der Waals surface area contributed by atoms with Gasteiger partial charge in [0.15, 0.2) is 5.96 Å². The van der Waals surface area contributed by atoms with Crippen LogP contribution < -0.4 is 16.0 Å². The minimum atomic E-state index is 0.0709. The highest BCUT2D eigenvalue weighted by atomic mass is 16.1. The zero-order valence-electron chi connectivity index (χ0n) is 13.9. The van der Waals surface area contributed by atoms with Crippen LogP contribution in [0.25, 0.3) is 0 Å². The van der Waals surface area contributed by atoms with E-state index in [0.717, 1.165) is 25.3 Å². The molecule has 1 aromatic carbocycles. The Morgan fingerprint density at radius 2 is 1.86 bits per heavy atom. The summed E-state index contributed by atoms with van der Waals surface area (Å²) in [6.07, 6.45) is 2.33. The van der Waals surface area contributed by atoms with Crippen LogP contribution in [0, 0.1) is 0 Å². The molecule has 0 heterocycles. The van der Waals surface area contributed by atoms with Gasteiger partial charge >= 0.3 is 0 Å². The van der Waals surface area contributed by atoms with Crippen molar-refractivity contribution in [2.24, 2.45) is 4.99 Å². The van der Waals surface area contributed by atoms with E-state index in [9.17, 15) is 4.79 Å². The molecule has 0 aromatic heterocycles. The van der Waals surface area contributed by atoms with Crippen LogP contribution in [0.2, 0.25) is 0 Å². The summed E-state index contributed by atoms with van der Waals surface area (Å²) in [5.41, 5.74) is 1.29. The Bertz CT molecular complexity index is 459. The topological polar surface area (TPSA) is 65.5 Å². The highest BCUT2D eigenvalue weighted by molar-refractivity contribution is 5.81. The van der Waals surface area contributed by atoms with E-state index in [2.05, 4.69) is 40.0 Å².